The highest BCUT2D eigenvalue weighted by atomic mass is 79.9. The van der Waals surface area contributed by atoms with Crippen LogP contribution >= 0.6 is 27.7 Å². The number of methoxy groups -OCH3 is 1. The summed E-state index contributed by atoms with van der Waals surface area (Å²) in [6.45, 7) is 1.89. The molecule has 1 aromatic heterocycles. The number of aryl methyl sites for hydroxylation is 1. The van der Waals surface area contributed by atoms with E-state index in [4.69, 9.17) is 4.74 Å². The summed E-state index contributed by atoms with van der Waals surface area (Å²) in [5.41, 5.74) is 2.12. The van der Waals surface area contributed by atoms with Gasteiger partial charge in [-0.2, -0.15) is 9.78 Å². The average Bonchev–Trinajstić information content (AvgIpc) is 2.99. The molecule has 3 aromatic rings. The van der Waals surface area contributed by atoms with E-state index in [2.05, 4.69) is 43.4 Å². The zero-order valence-corrected chi connectivity index (χ0v) is 16.3. The Hall–Kier alpha value is -2.12. The zero-order chi connectivity index (χ0) is 17.6. The van der Waals surface area contributed by atoms with Gasteiger partial charge in [0.25, 0.3) is 0 Å². The van der Waals surface area contributed by atoms with Crippen molar-refractivity contribution in [3.05, 3.63) is 70.0 Å². The van der Waals surface area contributed by atoms with E-state index in [1.807, 2.05) is 43.3 Å². The van der Waals surface area contributed by atoms with E-state index in [1.54, 1.807) is 29.8 Å². The van der Waals surface area contributed by atoms with Gasteiger partial charge in [-0.25, -0.2) is 0 Å². The van der Waals surface area contributed by atoms with Gasteiger partial charge in [0.05, 0.1) is 13.3 Å². The average molecular weight is 417 g/mol. The molecule has 0 atom stereocenters. The van der Waals surface area contributed by atoms with E-state index in [-0.39, 0.29) is 0 Å². The van der Waals surface area contributed by atoms with Crippen LogP contribution in [0.25, 0.3) is 0 Å². The number of rotatable bonds is 6. The van der Waals surface area contributed by atoms with Crippen molar-refractivity contribution < 1.29 is 4.74 Å². The monoisotopic (exact) mass is 416 g/mol. The highest BCUT2D eigenvalue weighted by molar-refractivity contribution is 9.10. The second kappa shape index (κ2) is 8.31. The molecule has 0 amide bonds. The maximum Gasteiger partial charge on any atom is 0.212 e. The van der Waals surface area contributed by atoms with Gasteiger partial charge in [-0.3, -0.25) is 0 Å². The molecule has 3 rings (SSSR count). The fourth-order valence-corrected chi connectivity index (χ4v) is 3.34. The van der Waals surface area contributed by atoms with E-state index < -0.39 is 0 Å². The van der Waals surface area contributed by atoms with Crippen molar-refractivity contribution in [3.63, 3.8) is 0 Å². The minimum absolute atomic E-state index is 0.740. The van der Waals surface area contributed by atoms with Crippen LogP contribution in [0.15, 0.2) is 63.3 Å². The van der Waals surface area contributed by atoms with Crippen LogP contribution in [0.5, 0.6) is 5.75 Å². The number of hydrogen-bond acceptors (Lipinski definition) is 5. The van der Waals surface area contributed by atoms with E-state index in [0.29, 0.717) is 0 Å². The maximum absolute atomic E-state index is 5.35. The van der Waals surface area contributed by atoms with Crippen molar-refractivity contribution in [1.29, 1.82) is 0 Å². The lowest BCUT2D eigenvalue weighted by molar-refractivity contribution is 0.414. The lowest BCUT2D eigenvalue weighted by Gasteiger charge is -2.05. The number of halogens is 1. The number of para-hydroxylation sites is 1. The van der Waals surface area contributed by atoms with Crippen molar-refractivity contribution in [2.24, 2.45) is 5.10 Å². The van der Waals surface area contributed by atoms with Gasteiger partial charge in [-0.05, 0) is 36.8 Å². The molecule has 0 spiro atoms. The molecule has 2 aromatic carbocycles. The number of thioether (sulfide) groups is 1. The molecule has 0 aliphatic heterocycles. The minimum atomic E-state index is 0.740. The van der Waals surface area contributed by atoms with Crippen LogP contribution < -0.4 is 4.74 Å². The van der Waals surface area contributed by atoms with Crippen molar-refractivity contribution in [2.45, 2.75) is 17.8 Å². The SMILES string of the molecule is COc1ccccc1/C=N\n1c(C)nnc1SCc1ccc(Br)cc1. The second-order valence-corrected chi connectivity index (χ2v) is 7.10. The van der Waals surface area contributed by atoms with Gasteiger partial charge < -0.3 is 4.74 Å². The first-order valence-electron chi connectivity index (χ1n) is 7.64. The molecule has 0 N–H and O–H groups in total. The number of benzene rings is 2. The molecule has 0 saturated carbocycles. The van der Waals surface area contributed by atoms with Crippen molar-refractivity contribution in [3.8, 4) is 5.75 Å². The quantitative estimate of drug-likeness (QED) is 0.437. The maximum atomic E-state index is 5.35. The first-order valence-corrected chi connectivity index (χ1v) is 9.42. The van der Waals surface area contributed by atoms with Gasteiger partial charge in [-0.1, -0.05) is 52.0 Å². The molecule has 0 bridgehead atoms. The summed E-state index contributed by atoms with van der Waals surface area (Å²) in [7, 11) is 1.65. The van der Waals surface area contributed by atoms with Gasteiger partial charge in [0, 0.05) is 15.8 Å². The molecule has 25 heavy (non-hydrogen) atoms. The molecular weight excluding hydrogens is 400 g/mol. The summed E-state index contributed by atoms with van der Waals surface area (Å²) in [5, 5.41) is 13.6. The topological polar surface area (TPSA) is 52.3 Å². The van der Waals surface area contributed by atoms with Gasteiger partial charge in [-0.15, -0.1) is 10.2 Å². The molecule has 0 fully saturated rings. The lowest BCUT2D eigenvalue weighted by atomic mass is 10.2. The van der Waals surface area contributed by atoms with E-state index in [9.17, 15) is 0 Å². The highest BCUT2D eigenvalue weighted by Crippen LogP contribution is 2.23. The Labute approximate surface area is 159 Å². The number of hydrogen-bond donors (Lipinski definition) is 0. The molecule has 0 radical (unpaired) electrons. The number of aromatic nitrogens is 3. The molecule has 0 unspecified atom stereocenters. The van der Waals surface area contributed by atoms with Crippen LogP contribution in [-0.2, 0) is 5.75 Å². The number of ether oxygens (including phenoxy) is 1. The standard InChI is InChI=1S/C18H17BrN4OS/c1-13-21-22-18(25-12-14-7-9-16(19)10-8-14)23(13)20-11-15-5-3-4-6-17(15)24-2/h3-11H,12H2,1-2H3/b20-11-. The van der Waals surface area contributed by atoms with E-state index in [1.165, 1.54) is 5.56 Å². The Morgan fingerprint density at radius 1 is 1.16 bits per heavy atom. The van der Waals surface area contributed by atoms with Crippen LogP contribution in [0, 0.1) is 6.92 Å². The summed E-state index contributed by atoms with van der Waals surface area (Å²) in [4.78, 5) is 0. The summed E-state index contributed by atoms with van der Waals surface area (Å²) < 4.78 is 8.17. The van der Waals surface area contributed by atoms with Crippen LogP contribution in [0.3, 0.4) is 0 Å². The molecule has 0 saturated heterocycles. The molecule has 128 valence electrons. The van der Waals surface area contributed by atoms with Crippen LogP contribution in [0.1, 0.15) is 17.0 Å². The van der Waals surface area contributed by atoms with Crippen LogP contribution in [-0.4, -0.2) is 28.2 Å². The smallest absolute Gasteiger partial charge is 0.212 e. The fraction of sp³-hybridized carbons (Fsp3) is 0.167. The van der Waals surface area contributed by atoms with E-state index >= 15 is 0 Å². The molecule has 5 nitrogen and oxygen atoms in total. The third-order valence-corrected chi connectivity index (χ3v) is 5.02. The molecular formula is C18H17BrN4OS. The van der Waals surface area contributed by atoms with Gasteiger partial charge in [0.1, 0.15) is 5.75 Å². The van der Waals surface area contributed by atoms with Crippen molar-refractivity contribution >= 4 is 33.9 Å². The Morgan fingerprint density at radius 3 is 2.68 bits per heavy atom. The van der Waals surface area contributed by atoms with E-state index in [0.717, 1.165) is 32.5 Å². The Morgan fingerprint density at radius 2 is 1.92 bits per heavy atom. The Kier molecular flexibility index (Phi) is 5.88. The van der Waals surface area contributed by atoms with Crippen LogP contribution in [0.2, 0.25) is 0 Å². The molecule has 1 heterocycles. The molecule has 0 aliphatic rings. The Bertz CT molecular complexity index is 877. The third-order valence-electron chi connectivity index (χ3n) is 3.50. The Balaban J connectivity index is 1.77. The predicted molar refractivity (Wildman–Crippen MR) is 104 cm³/mol. The first-order chi connectivity index (χ1) is 12.2. The zero-order valence-electron chi connectivity index (χ0n) is 13.9. The summed E-state index contributed by atoms with van der Waals surface area (Å²) >= 11 is 5.05. The summed E-state index contributed by atoms with van der Waals surface area (Å²) in [6, 6.07) is 16.0. The molecule has 0 aliphatic carbocycles. The van der Waals surface area contributed by atoms with Gasteiger partial charge >= 0.3 is 0 Å². The van der Waals surface area contributed by atoms with Crippen molar-refractivity contribution in [2.75, 3.05) is 7.11 Å². The fourth-order valence-electron chi connectivity index (χ4n) is 2.18. The highest BCUT2D eigenvalue weighted by Gasteiger charge is 2.09. The number of nitrogens with zero attached hydrogens (tertiary/aromatic N) is 4. The molecule has 7 heteroatoms. The lowest BCUT2D eigenvalue weighted by Crippen LogP contribution is -1.97. The van der Waals surface area contributed by atoms with Crippen LogP contribution in [0.4, 0.5) is 0 Å². The summed E-state index contributed by atoms with van der Waals surface area (Å²) in [6.07, 6.45) is 1.76. The minimum Gasteiger partial charge on any atom is -0.496 e. The summed E-state index contributed by atoms with van der Waals surface area (Å²) in [5.74, 6) is 2.32. The van der Waals surface area contributed by atoms with Gasteiger partial charge in [0.2, 0.25) is 5.16 Å². The second-order valence-electron chi connectivity index (χ2n) is 5.24. The first kappa shape index (κ1) is 17.7. The van der Waals surface area contributed by atoms with Gasteiger partial charge in [0.15, 0.2) is 5.82 Å². The largest absolute Gasteiger partial charge is 0.496 e. The van der Waals surface area contributed by atoms with Crippen molar-refractivity contribution in [1.82, 2.24) is 14.9 Å². The normalized spacial score (nSPS) is 11.2. The predicted octanol–water partition coefficient (Wildman–Crippen LogP) is 4.53. The third kappa shape index (κ3) is 4.49.